The van der Waals surface area contributed by atoms with Crippen molar-refractivity contribution in [2.24, 2.45) is 0 Å². The van der Waals surface area contributed by atoms with E-state index in [1.165, 1.54) is 24.3 Å². The van der Waals surface area contributed by atoms with Gasteiger partial charge in [0.1, 0.15) is 10.8 Å². The van der Waals surface area contributed by atoms with E-state index in [4.69, 9.17) is 28.3 Å². The van der Waals surface area contributed by atoms with Crippen molar-refractivity contribution in [1.29, 1.82) is 0 Å². The van der Waals surface area contributed by atoms with Crippen LogP contribution in [0, 0.1) is 6.92 Å². The summed E-state index contributed by atoms with van der Waals surface area (Å²) in [6.45, 7) is 1.74. The lowest BCUT2D eigenvalue weighted by Gasteiger charge is -2.10. The Labute approximate surface area is 130 Å². The van der Waals surface area contributed by atoms with E-state index >= 15 is 0 Å². The van der Waals surface area contributed by atoms with Crippen LogP contribution in [-0.4, -0.2) is 22.0 Å². The van der Waals surface area contributed by atoms with Gasteiger partial charge in [0.15, 0.2) is 0 Å². The highest BCUT2D eigenvalue weighted by Gasteiger charge is 2.15. The fourth-order valence-electron chi connectivity index (χ4n) is 1.65. The topological polar surface area (TPSA) is 79.3 Å². The van der Waals surface area contributed by atoms with Crippen molar-refractivity contribution in [3.05, 3.63) is 57.3 Å². The number of amides is 1. The van der Waals surface area contributed by atoms with Crippen LogP contribution in [0.25, 0.3) is 0 Å². The number of nitrogens with one attached hydrogen (secondary N) is 1. The first-order valence-corrected chi connectivity index (χ1v) is 6.61. The van der Waals surface area contributed by atoms with Gasteiger partial charge in [0.2, 0.25) is 0 Å². The zero-order valence-electron chi connectivity index (χ0n) is 10.9. The number of aromatic carboxylic acids is 1. The molecule has 0 fully saturated rings. The number of carboxylic acid groups (broad SMARTS) is 1. The molecular weight excluding hydrogens is 315 g/mol. The van der Waals surface area contributed by atoms with Gasteiger partial charge in [-0.05, 0) is 36.8 Å². The number of nitrogens with zero attached hydrogens (tertiary/aromatic N) is 1. The largest absolute Gasteiger partial charge is 0.478 e. The number of hydrogen-bond acceptors (Lipinski definition) is 3. The standard InChI is InChI=1S/C14H10Cl2N2O3/c1-7-2-3-8(14(20)21)6-10(7)17-13(19)12-9(15)4-5-11(16)18-12/h2-6H,1H3,(H,17,19)(H,20,21). The molecule has 21 heavy (non-hydrogen) atoms. The summed E-state index contributed by atoms with van der Waals surface area (Å²) >= 11 is 11.6. The van der Waals surface area contributed by atoms with Gasteiger partial charge in [-0.25, -0.2) is 9.78 Å². The Balaban J connectivity index is 2.33. The molecule has 0 aliphatic rings. The lowest BCUT2D eigenvalue weighted by atomic mass is 10.1. The first kappa shape index (κ1) is 15.3. The van der Waals surface area contributed by atoms with Crippen molar-refractivity contribution in [2.75, 3.05) is 5.32 Å². The van der Waals surface area contributed by atoms with Crippen LogP contribution in [0.15, 0.2) is 30.3 Å². The number of benzene rings is 1. The number of halogens is 2. The summed E-state index contributed by atoms with van der Waals surface area (Å²) in [5.74, 6) is -1.64. The fourth-order valence-corrected chi connectivity index (χ4v) is 1.99. The Kier molecular flexibility index (Phi) is 4.45. The molecule has 2 aromatic rings. The van der Waals surface area contributed by atoms with Crippen LogP contribution in [0.3, 0.4) is 0 Å². The second-order valence-corrected chi connectivity index (χ2v) is 5.05. The normalized spacial score (nSPS) is 10.2. The quantitative estimate of drug-likeness (QED) is 0.844. The van der Waals surface area contributed by atoms with Crippen molar-refractivity contribution >= 4 is 40.8 Å². The second-order valence-electron chi connectivity index (χ2n) is 4.25. The van der Waals surface area contributed by atoms with Crippen LogP contribution in [0.4, 0.5) is 5.69 Å². The Hall–Kier alpha value is -2.11. The molecule has 0 radical (unpaired) electrons. The molecular formula is C14H10Cl2N2O3. The lowest BCUT2D eigenvalue weighted by molar-refractivity contribution is 0.0696. The number of rotatable bonds is 3. The average Bonchev–Trinajstić information content (AvgIpc) is 2.43. The predicted octanol–water partition coefficient (Wildman–Crippen LogP) is 3.65. The van der Waals surface area contributed by atoms with E-state index in [-0.39, 0.29) is 21.4 Å². The summed E-state index contributed by atoms with van der Waals surface area (Å²) in [5.41, 5.74) is 1.13. The van der Waals surface area contributed by atoms with Gasteiger partial charge in [-0.2, -0.15) is 0 Å². The molecule has 0 bridgehead atoms. The fraction of sp³-hybridized carbons (Fsp3) is 0.0714. The number of anilines is 1. The molecule has 0 unspecified atom stereocenters. The van der Waals surface area contributed by atoms with E-state index in [0.29, 0.717) is 11.3 Å². The highest BCUT2D eigenvalue weighted by Crippen LogP contribution is 2.21. The van der Waals surface area contributed by atoms with Gasteiger partial charge in [-0.3, -0.25) is 4.79 Å². The van der Waals surface area contributed by atoms with E-state index in [2.05, 4.69) is 10.3 Å². The van der Waals surface area contributed by atoms with Crippen molar-refractivity contribution in [2.45, 2.75) is 6.92 Å². The summed E-state index contributed by atoms with van der Waals surface area (Å²) in [5, 5.41) is 11.8. The molecule has 0 atom stereocenters. The van der Waals surface area contributed by atoms with E-state index in [9.17, 15) is 9.59 Å². The van der Waals surface area contributed by atoms with Gasteiger partial charge in [0.05, 0.1) is 10.6 Å². The predicted molar refractivity (Wildman–Crippen MR) is 80.3 cm³/mol. The average molecular weight is 325 g/mol. The second kappa shape index (κ2) is 6.11. The van der Waals surface area contributed by atoms with Gasteiger partial charge >= 0.3 is 5.97 Å². The highest BCUT2D eigenvalue weighted by atomic mass is 35.5. The van der Waals surface area contributed by atoms with Crippen molar-refractivity contribution in [1.82, 2.24) is 4.98 Å². The zero-order chi connectivity index (χ0) is 15.6. The summed E-state index contributed by atoms with van der Waals surface area (Å²) in [6, 6.07) is 7.36. The molecule has 1 aromatic carbocycles. The first-order valence-electron chi connectivity index (χ1n) is 5.86. The molecule has 1 heterocycles. The number of pyridine rings is 1. The number of carbonyl (C=O) groups is 2. The Morgan fingerprint density at radius 3 is 2.57 bits per heavy atom. The molecule has 1 amide bonds. The molecule has 0 aliphatic carbocycles. The molecule has 0 spiro atoms. The van der Waals surface area contributed by atoms with Crippen LogP contribution >= 0.6 is 23.2 Å². The van der Waals surface area contributed by atoms with Gasteiger partial charge in [0, 0.05) is 5.69 Å². The van der Waals surface area contributed by atoms with Crippen molar-refractivity contribution in [3.63, 3.8) is 0 Å². The molecule has 1 aromatic heterocycles. The van der Waals surface area contributed by atoms with Crippen LogP contribution in [0.2, 0.25) is 10.2 Å². The van der Waals surface area contributed by atoms with Crippen LogP contribution in [0.1, 0.15) is 26.4 Å². The van der Waals surface area contributed by atoms with Crippen LogP contribution < -0.4 is 5.32 Å². The van der Waals surface area contributed by atoms with Gasteiger partial charge < -0.3 is 10.4 Å². The number of aromatic nitrogens is 1. The Morgan fingerprint density at radius 2 is 1.90 bits per heavy atom. The lowest BCUT2D eigenvalue weighted by Crippen LogP contribution is -2.15. The Bertz CT molecular complexity index is 732. The minimum Gasteiger partial charge on any atom is -0.478 e. The van der Waals surface area contributed by atoms with Crippen molar-refractivity contribution < 1.29 is 14.7 Å². The maximum Gasteiger partial charge on any atom is 0.335 e. The van der Waals surface area contributed by atoms with Crippen LogP contribution in [0.5, 0.6) is 0 Å². The molecule has 0 saturated heterocycles. The minimum atomic E-state index is -1.08. The highest BCUT2D eigenvalue weighted by molar-refractivity contribution is 6.35. The molecule has 2 rings (SSSR count). The molecule has 5 nitrogen and oxygen atoms in total. The molecule has 0 saturated carbocycles. The van der Waals surface area contributed by atoms with Crippen molar-refractivity contribution in [3.8, 4) is 0 Å². The summed E-state index contributed by atoms with van der Waals surface area (Å²) in [7, 11) is 0. The summed E-state index contributed by atoms with van der Waals surface area (Å²) in [6.07, 6.45) is 0. The van der Waals surface area contributed by atoms with E-state index in [1.807, 2.05) is 0 Å². The Morgan fingerprint density at radius 1 is 1.19 bits per heavy atom. The zero-order valence-corrected chi connectivity index (χ0v) is 12.4. The summed E-state index contributed by atoms with van der Waals surface area (Å²) in [4.78, 5) is 27.0. The molecule has 2 N–H and O–H groups in total. The van der Waals surface area contributed by atoms with E-state index in [0.717, 1.165) is 0 Å². The maximum atomic E-state index is 12.2. The third kappa shape index (κ3) is 3.51. The van der Waals surface area contributed by atoms with E-state index in [1.54, 1.807) is 13.0 Å². The smallest absolute Gasteiger partial charge is 0.335 e. The first-order chi connectivity index (χ1) is 9.88. The SMILES string of the molecule is Cc1ccc(C(=O)O)cc1NC(=O)c1nc(Cl)ccc1Cl. The number of aryl methyl sites for hydroxylation is 1. The third-order valence-corrected chi connectivity index (χ3v) is 3.28. The summed E-state index contributed by atoms with van der Waals surface area (Å²) < 4.78 is 0. The molecule has 7 heteroatoms. The number of hydrogen-bond donors (Lipinski definition) is 2. The number of carboxylic acids is 1. The van der Waals surface area contributed by atoms with Gasteiger partial charge in [-0.15, -0.1) is 0 Å². The third-order valence-electron chi connectivity index (χ3n) is 2.76. The van der Waals surface area contributed by atoms with Gasteiger partial charge in [0.25, 0.3) is 5.91 Å². The van der Waals surface area contributed by atoms with Crippen LogP contribution in [-0.2, 0) is 0 Å². The molecule has 0 aliphatic heterocycles. The number of carbonyl (C=O) groups excluding carboxylic acids is 1. The maximum absolute atomic E-state index is 12.2. The minimum absolute atomic E-state index is 0.0238. The van der Waals surface area contributed by atoms with Gasteiger partial charge in [-0.1, -0.05) is 29.3 Å². The molecule has 108 valence electrons. The monoisotopic (exact) mass is 324 g/mol. The van der Waals surface area contributed by atoms with E-state index < -0.39 is 11.9 Å².